The molecule has 0 atom stereocenters. The molecule has 15 heavy (non-hydrogen) atoms. The molecule has 1 aromatic carbocycles. The molecule has 0 spiro atoms. The number of allylic oxidation sites excluding steroid dienone is 1. The third-order valence-corrected chi connectivity index (χ3v) is 2.78. The number of ether oxygens (including phenoxy) is 1. The summed E-state index contributed by atoms with van der Waals surface area (Å²) in [4.78, 5) is 1.00. The standard InChI is InChI=1S/C13H18OS/c1-8-6-12(7-9(2)15)11(4)13(14-5)10(8)3/h6-7,15H,1-5H3/b9-7-. The van der Waals surface area contributed by atoms with Crippen LogP contribution < -0.4 is 4.74 Å². The number of hydrogen-bond donors (Lipinski definition) is 1. The molecule has 0 aliphatic rings. The lowest BCUT2D eigenvalue weighted by Gasteiger charge is -2.14. The van der Waals surface area contributed by atoms with Crippen molar-refractivity contribution in [1.82, 2.24) is 0 Å². The maximum absolute atomic E-state index is 5.42. The van der Waals surface area contributed by atoms with Crippen LogP contribution in [-0.2, 0) is 0 Å². The third-order valence-electron chi connectivity index (χ3n) is 2.65. The summed E-state index contributed by atoms with van der Waals surface area (Å²) in [6.45, 7) is 8.24. The second-order valence-electron chi connectivity index (χ2n) is 3.85. The zero-order valence-electron chi connectivity index (χ0n) is 10.0. The van der Waals surface area contributed by atoms with E-state index in [1.807, 2.05) is 6.92 Å². The second kappa shape index (κ2) is 4.75. The van der Waals surface area contributed by atoms with Crippen molar-refractivity contribution in [2.75, 3.05) is 7.11 Å². The Morgan fingerprint density at radius 2 is 1.87 bits per heavy atom. The lowest BCUT2D eigenvalue weighted by Crippen LogP contribution is -1.96. The summed E-state index contributed by atoms with van der Waals surface area (Å²) in [7, 11) is 1.72. The number of benzene rings is 1. The van der Waals surface area contributed by atoms with E-state index < -0.39 is 0 Å². The molecule has 0 saturated carbocycles. The van der Waals surface area contributed by atoms with Crippen LogP contribution in [0.2, 0.25) is 0 Å². The van der Waals surface area contributed by atoms with Gasteiger partial charge < -0.3 is 4.74 Å². The normalized spacial score (nSPS) is 11.7. The minimum Gasteiger partial charge on any atom is -0.496 e. The fourth-order valence-corrected chi connectivity index (χ4v) is 1.86. The maximum Gasteiger partial charge on any atom is 0.125 e. The van der Waals surface area contributed by atoms with E-state index in [0.717, 1.165) is 10.7 Å². The molecule has 0 fully saturated rings. The molecule has 0 aliphatic heterocycles. The summed E-state index contributed by atoms with van der Waals surface area (Å²) in [5, 5.41) is 0. The summed E-state index contributed by atoms with van der Waals surface area (Å²) in [5.41, 5.74) is 4.82. The van der Waals surface area contributed by atoms with Crippen molar-refractivity contribution < 1.29 is 4.74 Å². The molecule has 1 rings (SSSR count). The van der Waals surface area contributed by atoms with Crippen molar-refractivity contribution in [3.8, 4) is 5.75 Å². The smallest absolute Gasteiger partial charge is 0.125 e. The minimum atomic E-state index is 0.982. The molecule has 0 heterocycles. The number of aryl methyl sites for hydroxylation is 1. The summed E-state index contributed by atoms with van der Waals surface area (Å²) >= 11 is 4.30. The summed E-state index contributed by atoms with van der Waals surface area (Å²) in [6, 6.07) is 2.17. The quantitative estimate of drug-likeness (QED) is 0.746. The second-order valence-corrected chi connectivity index (χ2v) is 4.56. The van der Waals surface area contributed by atoms with Gasteiger partial charge in [0.25, 0.3) is 0 Å². The van der Waals surface area contributed by atoms with Crippen LogP contribution in [0.3, 0.4) is 0 Å². The molecule has 82 valence electrons. The van der Waals surface area contributed by atoms with Gasteiger partial charge in [-0.1, -0.05) is 6.07 Å². The van der Waals surface area contributed by atoms with Crippen LogP contribution in [0.1, 0.15) is 29.2 Å². The van der Waals surface area contributed by atoms with Gasteiger partial charge in [-0.05, 0) is 60.9 Å². The minimum absolute atomic E-state index is 0.982. The lowest BCUT2D eigenvalue weighted by molar-refractivity contribution is 0.408. The van der Waals surface area contributed by atoms with E-state index in [2.05, 4.69) is 45.5 Å². The Morgan fingerprint density at radius 1 is 1.27 bits per heavy atom. The maximum atomic E-state index is 5.42. The van der Waals surface area contributed by atoms with Gasteiger partial charge in [0.15, 0.2) is 0 Å². The topological polar surface area (TPSA) is 9.23 Å². The van der Waals surface area contributed by atoms with Crippen LogP contribution in [0.4, 0.5) is 0 Å². The average molecular weight is 222 g/mol. The largest absolute Gasteiger partial charge is 0.496 e. The SMILES string of the molecule is COc1c(C)c(C)cc(/C=C(/C)S)c1C. The monoisotopic (exact) mass is 222 g/mol. The van der Waals surface area contributed by atoms with E-state index in [0.29, 0.717) is 0 Å². The van der Waals surface area contributed by atoms with Gasteiger partial charge in [0.05, 0.1) is 7.11 Å². The Hall–Kier alpha value is -0.890. The van der Waals surface area contributed by atoms with Gasteiger partial charge >= 0.3 is 0 Å². The van der Waals surface area contributed by atoms with Crippen molar-refractivity contribution in [1.29, 1.82) is 0 Å². The fourth-order valence-electron chi connectivity index (χ4n) is 1.72. The van der Waals surface area contributed by atoms with Crippen LogP contribution in [0.25, 0.3) is 6.08 Å². The van der Waals surface area contributed by atoms with Crippen LogP contribution in [0, 0.1) is 20.8 Å². The van der Waals surface area contributed by atoms with Crippen molar-refractivity contribution in [2.24, 2.45) is 0 Å². The predicted molar refractivity (Wildman–Crippen MR) is 69.8 cm³/mol. The van der Waals surface area contributed by atoms with E-state index in [9.17, 15) is 0 Å². The fraction of sp³-hybridized carbons (Fsp3) is 0.385. The first-order valence-electron chi connectivity index (χ1n) is 4.99. The van der Waals surface area contributed by atoms with Crippen molar-refractivity contribution in [3.05, 3.63) is 33.2 Å². The number of thiol groups is 1. The summed E-state index contributed by atoms with van der Waals surface area (Å²) < 4.78 is 5.42. The third kappa shape index (κ3) is 2.57. The Labute approximate surface area is 97.6 Å². The van der Waals surface area contributed by atoms with E-state index >= 15 is 0 Å². The van der Waals surface area contributed by atoms with Gasteiger partial charge in [-0.3, -0.25) is 0 Å². The number of hydrogen-bond acceptors (Lipinski definition) is 2. The highest BCUT2D eigenvalue weighted by atomic mass is 32.1. The zero-order valence-corrected chi connectivity index (χ0v) is 10.9. The van der Waals surface area contributed by atoms with Crippen molar-refractivity contribution in [2.45, 2.75) is 27.7 Å². The van der Waals surface area contributed by atoms with Gasteiger partial charge in [0.2, 0.25) is 0 Å². The van der Waals surface area contributed by atoms with Gasteiger partial charge in [-0.25, -0.2) is 0 Å². The highest BCUT2D eigenvalue weighted by Gasteiger charge is 2.09. The van der Waals surface area contributed by atoms with E-state index in [1.54, 1.807) is 7.11 Å². The van der Waals surface area contributed by atoms with Crippen molar-refractivity contribution in [3.63, 3.8) is 0 Å². The molecule has 0 saturated heterocycles. The molecule has 1 nitrogen and oxygen atoms in total. The molecule has 0 bridgehead atoms. The molecular weight excluding hydrogens is 204 g/mol. The van der Waals surface area contributed by atoms with E-state index in [4.69, 9.17) is 4.74 Å². The van der Waals surface area contributed by atoms with Crippen LogP contribution in [0.5, 0.6) is 5.75 Å². The van der Waals surface area contributed by atoms with Gasteiger partial charge in [-0.2, -0.15) is 0 Å². The molecule has 0 amide bonds. The average Bonchev–Trinajstić information content (AvgIpc) is 2.14. The molecular formula is C13H18OS. The van der Waals surface area contributed by atoms with Gasteiger partial charge in [0.1, 0.15) is 5.75 Å². The van der Waals surface area contributed by atoms with Crippen LogP contribution in [-0.4, -0.2) is 7.11 Å². The van der Waals surface area contributed by atoms with E-state index in [1.165, 1.54) is 22.3 Å². The zero-order chi connectivity index (χ0) is 11.6. The van der Waals surface area contributed by atoms with Crippen molar-refractivity contribution >= 4 is 18.7 Å². The molecule has 0 radical (unpaired) electrons. The first-order chi connectivity index (χ1) is 6.97. The highest BCUT2D eigenvalue weighted by molar-refractivity contribution is 7.84. The first kappa shape index (κ1) is 12.2. The molecule has 2 heteroatoms. The highest BCUT2D eigenvalue weighted by Crippen LogP contribution is 2.30. The van der Waals surface area contributed by atoms with Gasteiger partial charge in [0, 0.05) is 0 Å². The molecule has 0 aliphatic carbocycles. The van der Waals surface area contributed by atoms with Crippen LogP contribution >= 0.6 is 12.6 Å². The molecule has 0 N–H and O–H groups in total. The predicted octanol–water partition coefficient (Wildman–Crippen LogP) is 3.91. The Morgan fingerprint density at radius 3 is 2.33 bits per heavy atom. The summed E-state index contributed by atoms with van der Waals surface area (Å²) in [6.07, 6.45) is 2.06. The number of rotatable bonds is 2. The Bertz CT molecular complexity index is 401. The molecule has 1 aromatic rings. The summed E-state index contributed by atoms with van der Waals surface area (Å²) in [5.74, 6) is 0.982. The van der Waals surface area contributed by atoms with E-state index in [-0.39, 0.29) is 0 Å². The van der Waals surface area contributed by atoms with Crippen LogP contribution in [0.15, 0.2) is 11.0 Å². The number of methoxy groups -OCH3 is 1. The molecule has 0 aromatic heterocycles. The Balaban J connectivity index is 3.43. The lowest BCUT2D eigenvalue weighted by atomic mass is 9.99. The molecule has 0 unspecified atom stereocenters. The van der Waals surface area contributed by atoms with Gasteiger partial charge in [-0.15, -0.1) is 12.6 Å². The Kier molecular flexibility index (Phi) is 3.86. The first-order valence-corrected chi connectivity index (χ1v) is 5.44.